The normalized spacial score (nSPS) is 10.6. The van der Waals surface area contributed by atoms with Gasteiger partial charge in [-0.25, -0.2) is 22.5 Å². The molecule has 0 aliphatic rings. The third-order valence-corrected chi connectivity index (χ3v) is 1.40. The van der Waals surface area contributed by atoms with Crippen molar-refractivity contribution in [2.75, 3.05) is 0 Å². The Balaban J connectivity index is 3.35. The van der Waals surface area contributed by atoms with Gasteiger partial charge >= 0.3 is 0 Å². The summed E-state index contributed by atoms with van der Waals surface area (Å²) in [6.45, 7) is 0. The van der Waals surface area contributed by atoms with Crippen LogP contribution in [0, 0.1) is 11.6 Å². The standard InChI is InChI=1S/C7H4F4N2O/c8-2-1-3(7(12)14)13-5(4(2)9)6(10)11/h1,6H,(H2,12,14). The molecule has 0 unspecified atom stereocenters. The fraction of sp³-hybridized carbons (Fsp3) is 0.143. The van der Waals surface area contributed by atoms with Gasteiger partial charge in [0, 0.05) is 6.07 Å². The smallest absolute Gasteiger partial charge is 0.283 e. The summed E-state index contributed by atoms with van der Waals surface area (Å²) in [5.74, 6) is -4.56. The van der Waals surface area contributed by atoms with E-state index in [-0.39, 0.29) is 0 Å². The number of halogens is 4. The molecule has 0 bridgehead atoms. The molecule has 2 N–H and O–H groups in total. The van der Waals surface area contributed by atoms with E-state index < -0.39 is 35.4 Å². The number of carbonyl (C=O) groups is 1. The minimum Gasteiger partial charge on any atom is -0.364 e. The predicted octanol–water partition coefficient (Wildman–Crippen LogP) is 1.40. The van der Waals surface area contributed by atoms with Gasteiger partial charge in [-0.05, 0) is 0 Å². The van der Waals surface area contributed by atoms with E-state index in [4.69, 9.17) is 0 Å². The number of hydrogen-bond acceptors (Lipinski definition) is 2. The number of primary amides is 1. The van der Waals surface area contributed by atoms with Crippen LogP contribution in [0.2, 0.25) is 0 Å². The van der Waals surface area contributed by atoms with E-state index in [2.05, 4.69) is 10.7 Å². The maximum absolute atomic E-state index is 12.6. The zero-order valence-electron chi connectivity index (χ0n) is 6.60. The van der Waals surface area contributed by atoms with Crippen LogP contribution < -0.4 is 5.73 Å². The van der Waals surface area contributed by atoms with Gasteiger partial charge in [0.15, 0.2) is 11.6 Å². The van der Waals surface area contributed by atoms with Crippen molar-refractivity contribution in [1.82, 2.24) is 4.98 Å². The van der Waals surface area contributed by atoms with Gasteiger partial charge in [0.05, 0.1) is 0 Å². The van der Waals surface area contributed by atoms with E-state index in [1.807, 2.05) is 0 Å². The monoisotopic (exact) mass is 208 g/mol. The SMILES string of the molecule is NC(=O)c1cc(F)c(F)c(C(F)F)n1. The molecule has 1 aromatic rings. The summed E-state index contributed by atoms with van der Waals surface area (Å²) in [6.07, 6.45) is -3.30. The molecule has 0 atom stereocenters. The van der Waals surface area contributed by atoms with Crippen molar-refractivity contribution < 1.29 is 22.4 Å². The number of alkyl halides is 2. The van der Waals surface area contributed by atoms with Crippen LogP contribution in [0.4, 0.5) is 17.6 Å². The first-order chi connectivity index (χ1) is 6.43. The molecule has 0 saturated heterocycles. The van der Waals surface area contributed by atoms with Crippen LogP contribution in [0.25, 0.3) is 0 Å². The van der Waals surface area contributed by atoms with Crippen LogP contribution in [0.3, 0.4) is 0 Å². The van der Waals surface area contributed by atoms with Crippen molar-refractivity contribution in [2.24, 2.45) is 5.73 Å². The number of nitrogens with two attached hydrogens (primary N) is 1. The van der Waals surface area contributed by atoms with Gasteiger partial charge in [0.2, 0.25) is 0 Å². The zero-order chi connectivity index (χ0) is 10.9. The molecule has 0 fully saturated rings. The first-order valence-corrected chi connectivity index (χ1v) is 3.37. The lowest BCUT2D eigenvalue weighted by molar-refractivity contribution is 0.0991. The van der Waals surface area contributed by atoms with E-state index >= 15 is 0 Å². The topological polar surface area (TPSA) is 56.0 Å². The number of pyridine rings is 1. The van der Waals surface area contributed by atoms with Crippen molar-refractivity contribution in [1.29, 1.82) is 0 Å². The Hall–Kier alpha value is -1.66. The molecular weight excluding hydrogens is 204 g/mol. The van der Waals surface area contributed by atoms with Crippen molar-refractivity contribution in [3.63, 3.8) is 0 Å². The molecule has 1 amide bonds. The van der Waals surface area contributed by atoms with E-state index in [1.54, 1.807) is 0 Å². The largest absolute Gasteiger partial charge is 0.364 e. The molecule has 3 nitrogen and oxygen atoms in total. The summed E-state index contributed by atoms with van der Waals surface area (Å²) < 4.78 is 49.3. The maximum Gasteiger partial charge on any atom is 0.283 e. The first kappa shape index (κ1) is 10.4. The van der Waals surface area contributed by atoms with Crippen LogP contribution in [0.15, 0.2) is 6.07 Å². The van der Waals surface area contributed by atoms with Crippen LogP contribution in [-0.2, 0) is 0 Å². The summed E-state index contributed by atoms with van der Waals surface area (Å²) >= 11 is 0. The molecular formula is C7H4F4N2O. The van der Waals surface area contributed by atoms with Crippen molar-refractivity contribution in [3.05, 3.63) is 29.1 Å². The second-order valence-corrected chi connectivity index (χ2v) is 2.35. The highest BCUT2D eigenvalue weighted by Crippen LogP contribution is 2.22. The summed E-state index contributed by atoms with van der Waals surface area (Å²) in [5, 5.41) is 0. The summed E-state index contributed by atoms with van der Waals surface area (Å²) in [7, 11) is 0. The molecule has 0 aliphatic heterocycles. The molecule has 0 spiro atoms. The fourth-order valence-corrected chi connectivity index (χ4v) is 0.788. The van der Waals surface area contributed by atoms with Gasteiger partial charge in [0.25, 0.3) is 12.3 Å². The lowest BCUT2D eigenvalue weighted by Gasteiger charge is -2.03. The van der Waals surface area contributed by atoms with Gasteiger partial charge in [0.1, 0.15) is 11.4 Å². The Labute approximate surface area is 75.5 Å². The van der Waals surface area contributed by atoms with E-state index in [0.29, 0.717) is 6.07 Å². The number of aromatic nitrogens is 1. The summed E-state index contributed by atoms with van der Waals surface area (Å²) in [4.78, 5) is 13.4. The molecule has 1 aromatic heterocycles. The van der Waals surface area contributed by atoms with Crippen molar-refractivity contribution in [3.8, 4) is 0 Å². The minimum atomic E-state index is -3.30. The number of hydrogen-bond donors (Lipinski definition) is 1. The molecule has 7 heteroatoms. The van der Waals surface area contributed by atoms with Gasteiger partial charge in [-0.1, -0.05) is 0 Å². The molecule has 0 aliphatic carbocycles. The predicted molar refractivity (Wildman–Crippen MR) is 37.6 cm³/mol. The van der Waals surface area contributed by atoms with Crippen molar-refractivity contribution in [2.45, 2.75) is 6.43 Å². The highest BCUT2D eigenvalue weighted by Gasteiger charge is 2.21. The van der Waals surface area contributed by atoms with Crippen LogP contribution >= 0.6 is 0 Å². The first-order valence-electron chi connectivity index (χ1n) is 3.37. The van der Waals surface area contributed by atoms with Crippen molar-refractivity contribution >= 4 is 5.91 Å². The van der Waals surface area contributed by atoms with Gasteiger partial charge < -0.3 is 5.73 Å². The van der Waals surface area contributed by atoms with E-state index in [1.165, 1.54) is 0 Å². The van der Waals surface area contributed by atoms with Gasteiger partial charge in [-0.15, -0.1) is 0 Å². The second-order valence-electron chi connectivity index (χ2n) is 2.35. The Morgan fingerprint density at radius 3 is 2.43 bits per heavy atom. The van der Waals surface area contributed by atoms with Crippen LogP contribution in [-0.4, -0.2) is 10.9 Å². The number of carbonyl (C=O) groups excluding carboxylic acids is 1. The molecule has 0 saturated carbocycles. The van der Waals surface area contributed by atoms with Crippen LogP contribution in [0.5, 0.6) is 0 Å². The lowest BCUT2D eigenvalue weighted by Crippen LogP contribution is -2.16. The highest BCUT2D eigenvalue weighted by molar-refractivity contribution is 5.90. The van der Waals surface area contributed by atoms with Gasteiger partial charge in [-0.3, -0.25) is 4.79 Å². The Morgan fingerprint density at radius 2 is 2.00 bits per heavy atom. The molecule has 0 aromatic carbocycles. The third kappa shape index (κ3) is 1.81. The number of rotatable bonds is 2. The molecule has 14 heavy (non-hydrogen) atoms. The Bertz CT molecular complexity index is 380. The number of nitrogens with zero attached hydrogens (tertiary/aromatic N) is 1. The van der Waals surface area contributed by atoms with E-state index in [9.17, 15) is 22.4 Å². The molecule has 76 valence electrons. The Kier molecular flexibility index (Phi) is 2.68. The summed E-state index contributed by atoms with van der Waals surface area (Å²) in [5.41, 5.74) is 2.51. The van der Waals surface area contributed by atoms with E-state index in [0.717, 1.165) is 0 Å². The minimum absolute atomic E-state index is 0.365. The third-order valence-electron chi connectivity index (χ3n) is 1.40. The maximum atomic E-state index is 12.6. The average molecular weight is 208 g/mol. The lowest BCUT2D eigenvalue weighted by atomic mass is 10.2. The molecule has 1 rings (SSSR count). The Morgan fingerprint density at radius 1 is 1.43 bits per heavy atom. The molecule has 0 radical (unpaired) electrons. The fourth-order valence-electron chi connectivity index (χ4n) is 0.788. The number of amides is 1. The average Bonchev–Trinajstić information content (AvgIpc) is 2.08. The molecule has 1 heterocycles. The van der Waals surface area contributed by atoms with Gasteiger partial charge in [-0.2, -0.15) is 0 Å². The second kappa shape index (κ2) is 3.60. The summed E-state index contributed by atoms with van der Waals surface area (Å²) in [6, 6.07) is 0.365. The van der Waals surface area contributed by atoms with Crippen LogP contribution in [0.1, 0.15) is 22.6 Å². The quantitative estimate of drug-likeness (QED) is 0.746. The zero-order valence-corrected chi connectivity index (χ0v) is 6.60. The highest BCUT2D eigenvalue weighted by atomic mass is 19.3.